The fraction of sp³-hybridized carbons (Fsp3) is 0.211. The van der Waals surface area contributed by atoms with Gasteiger partial charge in [0.1, 0.15) is 5.75 Å². The molecule has 0 fully saturated rings. The first-order valence-corrected chi connectivity index (χ1v) is 8.18. The molecule has 2 aromatic rings. The lowest BCUT2D eigenvalue weighted by Gasteiger charge is -2.09. The molecule has 0 atom stereocenters. The van der Waals surface area contributed by atoms with Crippen LogP contribution >= 0.6 is 0 Å². The molecule has 8 nitrogen and oxygen atoms in total. The number of carbonyl (C=O) groups is 3. The van der Waals surface area contributed by atoms with Gasteiger partial charge in [0.05, 0.1) is 19.3 Å². The van der Waals surface area contributed by atoms with Gasteiger partial charge in [-0.15, -0.1) is 0 Å². The number of methoxy groups -OCH3 is 1. The number of urea groups is 1. The zero-order valence-electron chi connectivity index (χ0n) is 15.0. The minimum Gasteiger partial charge on any atom is -0.465 e. The van der Waals surface area contributed by atoms with Gasteiger partial charge in [-0.25, -0.2) is 14.4 Å². The van der Waals surface area contributed by atoms with Crippen LogP contribution in [0.2, 0.25) is 0 Å². The summed E-state index contributed by atoms with van der Waals surface area (Å²) in [4.78, 5) is 34.5. The van der Waals surface area contributed by atoms with E-state index in [0.29, 0.717) is 17.0 Å². The molecule has 0 aliphatic heterocycles. The average Bonchev–Trinajstić information content (AvgIpc) is 2.68. The minimum absolute atomic E-state index is 0.226. The molecule has 27 heavy (non-hydrogen) atoms. The maximum atomic E-state index is 12.0. The predicted molar refractivity (Wildman–Crippen MR) is 97.7 cm³/mol. The zero-order valence-corrected chi connectivity index (χ0v) is 15.0. The van der Waals surface area contributed by atoms with E-state index in [0.717, 1.165) is 5.56 Å². The third-order valence-electron chi connectivity index (χ3n) is 3.40. The highest BCUT2D eigenvalue weighted by molar-refractivity contribution is 5.90. The average molecular weight is 372 g/mol. The van der Waals surface area contributed by atoms with Crippen molar-refractivity contribution in [2.24, 2.45) is 0 Å². The minimum atomic E-state index is -0.783. The van der Waals surface area contributed by atoms with Crippen LogP contribution in [0.4, 0.5) is 15.3 Å². The van der Waals surface area contributed by atoms with Crippen molar-refractivity contribution in [2.45, 2.75) is 13.5 Å². The number of hydrogen-bond acceptors (Lipinski definition) is 6. The van der Waals surface area contributed by atoms with Crippen LogP contribution in [0, 0.1) is 0 Å². The molecule has 8 heteroatoms. The molecule has 0 saturated heterocycles. The fourth-order valence-corrected chi connectivity index (χ4v) is 2.08. The number of carbonyl (C=O) groups excluding carboxylic acids is 3. The Morgan fingerprint density at radius 1 is 0.963 bits per heavy atom. The van der Waals surface area contributed by atoms with Crippen LogP contribution in [0.15, 0.2) is 48.5 Å². The topological polar surface area (TPSA) is 103 Å². The highest BCUT2D eigenvalue weighted by atomic mass is 16.7. The van der Waals surface area contributed by atoms with E-state index < -0.39 is 18.2 Å². The lowest BCUT2D eigenvalue weighted by Crippen LogP contribution is -2.28. The second-order valence-corrected chi connectivity index (χ2v) is 5.31. The Morgan fingerprint density at radius 3 is 2.22 bits per heavy atom. The highest BCUT2D eigenvalue weighted by Crippen LogP contribution is 2.16. The van der Waals surface area contributed by atoms with Crippen molar-refractivity contribution >= 4 is 23.8 Å². The first-order chi connectivity index (χ1) is 13.0. The van der Waals surface area contributed by atoms with E-state index in [9.17, 15) is 14.4 Å². The summed E-state index contributed by atoms with van der Waals surface area (Å²) in [5.74, 6) is -0.104. The van der Waals surface area contributed by atoms with E-state index in [1.54, 1.807) is 43.3 Å². The summed E-state index contributed by atoms with van der Waals surface area (Å²) >= 11 is 0. The van der Waals surface area contributed by atoms with Crippen LogP contribution in [0.1, 0.15) is 22.8 Å². The van der Waals surface area contributed by atoms with Gasteiger partial charge >= 0.3 is 18.2 Å². The van der Waals surface area contributed by atoms with E-state index in [1.807, 2.05) is 0 Å². The van der Waals surface area contributed by atoms with Crippen LogP contribution in [0.5, 0.6) is 5.75 Å². The zero-order chi connectivity index (χ0) is 19.6. The summed E-state index contributed by atoms with van der Waals surface area (Å²) in [6.45, 7) is 2.20. The summed E-state index contributed by atoms with van der Waals surface area (Å²) in [6, 6.07) is 12.6. The molecule has 0 heterocycles. The number of esters is 1. The van der Waals surface area contributed by atoms with Gasteiger partial charge in [-0.3, -0.25) is 0 Å². The summed E-state index contributed by atoms with van der Waals surface area (Å²) in [5, 5.41) is 5.36. The molecule has 142 valence electrons. The van der Waals surface area contributed by atoms with E-state index in [4.69, 9.17) is 4.74 Å². The van der Waals surface area contributed by atoms with Gasteiger partial charge in [0.25, 0.3) is 0 Å². The molecule has 2 amide bonds. The van der Waals surface area contributed by atoms with Gasteiger partial charge in [0, 0.05) is 12.2 Å². The van der Waals surface area contributed by atoms with Crippen molar-refractivity contribution in [1.82, 2.24) is 5.32 Å². The Kier molecular flexibility index (Phi) is 7.18. The molecular formula is C19H20N2O6. The lowest BCUT2D eigenvalue weighted by molar-refractivity contribution is 0.0600. The molecule has 0 aliphatic carbocycles. The second-order valence-electron chi connectivity index (χ2n) is 5.31. The van der Waals surface area contributed by atoms with Gasteiger partial charge in [-0.1, -0.05) is 12.1 Å². The molecule has 0 aliphatic rings. The Labute approximate surface area is 156 Å². The second kappa shape index (κ2) is 9.81. The van der Waals surface area contributed by atoms with Crippen molar-refractivity contribution in [3.05, 3.63) is 59.7 Å². The predicted octanol–water partition coefficient (Wildman–Crippen LogP) is 3.33. The van der Waals surface area contributed by atoms with Crippen LogP contribution in [-0.2, 0) is 16.0 Å². The van der Waals surface area contributed by atoms with E-state index in [1.165, 1.54) is 19.2 Å². The molecule has 0 bridgehead atoms. The Balaban J connectivity index is 1.81. The SMILES string of the molecule is CCOC(=O)Oc1ccc(NC(=O)NCc2ccc(C(=O)OC)cc2)cc1. The van der Waals surface area contributed by atoms with Gasteiger partial charge in [-0.05, 0) is 48.9 Å². The van der Waals surface area contributed by atoms with Crippen molar-refractivity contribution in [3.63, 3.8) is 0 Å². The monoisotopic (exact) mass is 372 g/mol. The smallest absolute Gasteiger partial charge is 0.465 e. The first kappa shape index (κ1) is 19.8. The third kappa shape index (κ3) is 6.35. The first-order valence-electron chi connectivity index (χ1n) is 8.18. The van der Waals surface area contributed by atoms with E-state index >= 15 is 0 Å². The normalized spacial score (nSPS) is 9.85. The van der Waals surface area contributed by atoms with Crippen molar-refractivity contribution in [1.29, 1.82) is 0 Å². The number of anilines is 1. The number of amides is 2. The molecule has 2 N–H and O–H groups in total. The maximum Gasteiger partial charge on any atom is 0.513 e. The summed E-state index contributed by atoms with van der Waals surface area (Å²) in [6.07, 6.45) is -0.783. The largest absolute Gasteiger partial charge is 0.513 e. The van der Waals surface area contributed by atoms with Gasteiger partial charge in [0.15, 0.2) is 0 Å². The maximum absolute atomic E-state index is 12.0. The quantitative estimate of drug-likeness (QED) is 0.595. The standard InChI is InChI=1S/C19H20N2O6/c1-3-26-19(24)27-16-10-8-15(9-11-16)21-18(23)20-12-13-4-6-14(7-5-13)17(22)25-2/h4-11H,3,12H2,1-2H3,(H2,20,21,23). The number of hydrogen-bond donors (Lipinski definition) is 2. The highest BCUT2D eigenvalue weighted by Gasteiger charge is 2.07. The molecule has 2 rings (SSSR count). The van der Waals surface area contributed by atoms with Gasteiger partial charge in [-0.2, -0.15) is 0 Å². The lowest BCUT2D eigenvalue weighted by atomic mass is 10.1. The van der Waals surface area contributed by atoms with Crippen LogP contribution < -0.4 is 15.4 Å². The number of rotatable bonds is 6. The summed E-state index contributed by atoms with van der Waals surface area (Å²) in [5.41, 5.74) is 1.80. The van der Waals surface area contributed by atoms with Crippen LogP contribution in [-0.4, -0.2) is 31.9 Å². The number of benzene rings is 2. The Morgan fingerprint density at radius 2 is 1.63 bits per heavy atom. The van der Waals surface area contributed by atoms with Crippen LogP contribution in [0.3, 0.4) is 0 Å². The Hall–Kier alpha value is -3.55. The molecule has 0 radical (unpaired) electrons. The fourth-order valence-electron chi connectivity index (χ4n) is 2.08. The number of nitrogens with one attached hydrogen (secondary N) is 2. The van der Waals surface area contributed by atoms with E-state index in [-0.39, 0.29) is 13.2 Å². The van der Waals surface area contributed by atoms with Gasteiger partial charge < -0.3 is 24.8 Å². The number of ether oxygens (including phenoxy) is 3. The molecule has 0 saturated carbocycles. The summed E-state index contributed by atoms with van der Waals surface area (Å²) in [7, 11) is 1.32. The summed E-state index contributed by atoms with van der Waals surface area (Å²) < 4.78 is 14.2. The molecule has 0 spiro atoms. The van der Waals surface area contributed by atoms with Crippen LogP contribution in [0.25, 0.3) is 0 Å². The molecule has 0 aromatic heterocycles. The van der Waals surface area contributed by atoms with Gasteiger partial charge in [0.2, 0.25) is 0 Å². The van der Waals surface area contributed by atoms with Crippen molar-refractivity contribution in [2.75, 3.05) is 19.0 Å². The van der Waals surface area contributed by atoms with Crippen molar-refractivity contribution < 1.29 is 28.6 Å². The van der Waals surface area contributed by atoms with E-state index in [2.05, 4.69) is 20.1 Å². The van der Waals surface area contributed by atoms with Crippen molar-refractivity contribution in [3.8, 4) is 5.75 Å². The molecule has 2 aromatic carbocycles. The Bertz CT molecular complexity index is 787. The molecular weight excluding hydrogens is 352 g/mol. The molecule has 0 unspecified atom stereocenters. The third-order valence-corrected chi connectivity index (χ3v) is 3.40.